The van der Waals surface area contributed by atoms with Crippen LogP contribution in [0.2, 0.25) is 0 Å². The van der Waals surface area contributed by atoms with E-state index in [1.54, 1.807) is 24.3 Å². The van der Waals surface area contributed by atoms with E-state index < -0.39 is 5.97 Å². The number of benzene rings is 3. The summed E-state index contributed by atoms with van der Waals surface area (Å²) in [6, 6.07) is 24.7. The molecule has 1 amide bonds. The molecule has 0 saturated carbocycles. The number of carbonyl (C=O) groups excluding carboxylic acids is 2. The van der Waals surface area contributed by atoms with Crippen LogP contribution in [0, 0.1) is 0 Å². The van der Waals surface area contributed by atoms with E-state index in [0.717, 1.165) is 16.7 Å². The smallest absolute Gasteiger partial charge is 0.325 e. The normalized spacial score (nSPS) is 10.2. The van der Waals surface area contributed by atoms with E-state index in [-0.39, 0.29) is 19.1 Å². The van der Waals surface area contributed by atoms with Crippen molar-refractivity contribution in [1.82, 2.24) is 5.32 Å². The van der Waals surface area contributed by atoms with Crippen LogP contribution in [-0.2, 0) is 16.1 Å². The molecule has 0 spiro atoms. The van der Waals surface area contributed by atoms with E-state index in [9.17, 15) is 9.59 Å². The Hall–Kier alpha value is -3.60. The molecular weight excluding hydrogens is 354 g/mol. The van der Waals surface area contributed by atoms with Crippen LogP contribution in [-0.4, -0.2) is 25.5 Å². The monoisotopic (exact) mass is 375 g/mol. The Morgan fingerprint density at radius 3 is 2.18 bits per heavy atom. The number of rotatable bonds is 7. The molecule has 0 saturated heterocycles. The fourth-order valence-corrected chi connectivity index (χ4v) is 2.72. The lowest BCUT2D eigenvalue weighted by Gasteiger charge is -2.09. The summed E-state index contributed by atoms with van der Waals surface area (Å²) in [5.74, 6) is -0.441. The molecule has 5 heteroatoms. The Balaban J connectivity index is 1.48. The summed E-state index contributed by atoms with van der Waals surface area (Å²) in [7, 11) is 1.49. The Kier molecular flexibility index (Phi) is 6.41. The van der Waals surface area contributed by atoms with Crippen molar-refractivity contribution in [2.24, 2.45) is 0 Å². The first kappa shape index (κ1) is 19.2. The Labute approximate surface area is 163 Å². The number of nitrogens with one attached hydrogen (secondary N) is 1. The molecule has 1 N–H and O–H groups in total. The molecule has 0 heterocycles. The zero-order valence-electron chi connectivity index (χ0n) is 15.6. The molecule has 0 unspecified atom stereocenters. The second kappa shape index (κ2) is 9.37. The minimum absolute atomic E-state index is 0.151. The van der Waals surface area contributed by atoms with Gasteiger partial charge in [-0.25, -0.2) is 0 Å². The third kappa shape index (κ3) is 4.98. The molecule has 0 fully saturated rings. The zero-order chi connectivity index (χ0) is 19.8. The molecule has 0 aliphatic rings. The molecule has 142 valence electrons. The minimum atomic E-state index is -0.504. The maximum absolute atomic E-state index is 12.2. The quantitative estimate of drug-likeness (QED) is 0.638. The first-order chi connectivity index (χ1) is 13.7. The molecule has 3 aromatic rings. The van der Waals surface area contributed by atoms with Gasteiger partial charge in [-0.3, -0.25) is 9.59 Å². The molecule has 0 aliphatic heterocycles. The highest BCUT2D eigenvalue weighted by molar-refractivity contribution is 5.98. The van der Waals surface area contributed by atoms with Crippen molar-refractivity contribution in [2.45, 2.75) is 6.61 Å². The largest absolute Gasteiger partial charge is 0.496 e. The molecule has 0 bridgehead atoms. The van der Waals surface area contributed by atoms with Gasteiger partial charge in [0.1, 0.15) is 18.9 Å². The molecular formula is C23H21NO4. The molecule has 0 aliphatic carbocycles. The summed E-state index contributed by atoms with van der Waals surface area (Å²) in [4.78, 5) is 24.1. The summed E-state index contributed by atoms with van der Waals surface area (Å²) >= 11 is 0. The minimum Gasteiger partial charge on any atom is -0.496 e. The zero-order valence-corrected chi connectivity index (χ0v) is 15.6. The Morgan fingerprint density at radius 2 is 1.46 bits per heavy atom. The molecule has 0 radical (unpaired) electrons. The van der Waals surface area contributed by atoms with Crippen LogP contribution in [0.1, 0.15) is 15.9 Å². The van der Waals surface area contributed by atoms with Crippen LogP contribution in [0.25, 0.3) is 11.1 Å². The van der Waals surface area contributed by atoms with Gasteiger partial charge in [0.15, 0.2) is 0 Å². The van der Waals surface area contributed by atoms with Gasteiger partial charge in [-0.05, 0) is 28.8 Å². The highest BCUT2D eigenvalue weighted by Crippen LogP contribution is 2.19. The molecule has 3 aromatic carbocycles. The lowest BCUT2D eigenvalue weighted by Crippen LogP contribution is -2.30. The van der Waals surface area contributed by atoms with Crippen molar-refractivity contribution in [3.63, 3.8) is 0 Å². The number of hydrogen-bond donors (Lipinski definition) is 1. The van der Waals surface area contributed by atoms with E-state index in [1.165, 1.54) is 7.11 Å². The summed E-state index contributed by atoms with van der Waals surface area (Å²) in [5, 5.41) is 2.55. The lowest BCUT2D eigenvalue weighted by atomic mass is 10.0. The third-order valence-corrected chi connectivity index (χ3v) is 4.21. The predicted octanol–water partition coefficient (Wildman–Crippen LogP) is 3.84. The third-order valence-electron chi connectivity index (χ3n) is 4.21. The number of para-hydroxylation sites is 1. The van der Waals surface area contributed by atoms with Crippen molar-refractivity contribution in [2.75, 3.05) is 13.7 Å². The van der Waals surface area contributed by atoms with Crippen LogP contribution in [0.15, 0.2) is 78.9 Å². The van der Waals surface area contributed by atoms with Gasteiger partial charge in [0, 0.05) is 0 Å². The average Bonchev–Trinajstić information content (AvgIpc) is 2.77. The summed E-state index contributed by atoms with van der Waals surface area (Å²) < 4.78 is 10.4. The second-order valence-electron chi connectivity index (χ2n) is 6.11. The Morgan fingerprint density at radius 1 is 0.821 bits per heavy atom. The number of amides is 1. The van der Waals surface area contributed by atoms with Gasteiger partial charge in [0.05, 0.1) is 12.7 Å². The number of methoxy groups -OCH3 is 1. The van der Waals surface area contributed by atoms with Crippen molar-refractivity contribution in [1.29, 1.82) is 0 Å². The SMILES string of the molecule is COc1ccccc1C(=O)NCC(=O)OCc1ccc(-c2ccccc2)cc1. The van der Waals surface area contributed by atoms with Crippen molar-refractivity contribution in [3.05, 3.63) is 90.0 Å². The fraction of sp³-hybridized carbons (Fsp3) is 0.130. The van der Waals surface area contributed by atoms with E-state index >= 15 is 0 Å². The van der Waals surface area contributed by atoms with Gasteiger partial charge in [-0.15, -0.1) is 0 Å². The average molecular weight is 375 g/mol. The number of esters is 1. The van der Waals surface area contributed by atoms with E-state index in [0.29, 0.717) is 11.3 Å². The number of hydrogen-bond acceptors (Lipinski definition) is 4. The van der Waals surface area contributed by atoms with E-state index in [4.69, 9.17) is 9.47 Å². The van der Waals surface area contributed by atoms with Crippen molar-refractivity contribution in [3.8, 4) is 16.9 Å². The van der Waals surface area contributed by atoms with Crippen molar-refractivity contribution >= 4 is 11.9 Å². The predicted molar refractivity (Wildman–Crippen MR) is 107 cm³/mol. The molecule has 3 rings (SSSR count). The lowest BCUT2D eigenvalue weighted by molar-refractivity contribution is -0.143. The maximum atomic E-state index is 12.2. The van der Waals surface area contributed by atoms with Crippen LogP contribution < -0.4 is 10.1 Å². The number of carbonyl (C=O) groups is 2. The summed E-state index contributed by atoms with van der Waals surface area (Å²) in [5.41, 5.74) is 3.48. The topological polar surface area (TPSA) is 64.6 Å². The van der Waals surface area contributed by atoms with Crippen LogP contribution in [0.4, 0.5) is 0 Å². The molecule has 0 aromatic heterocycles. The standard InChI is InChI=1S/C23H21NO4/c1-27-21-10-6-5-9-20(21)23(26)24-15-22(25)28-16-17-11-13-19(14-12-17)18-7-3-2-4-8-18/h2-14H,15-16H2,1H3,(H,24,26). The first-order valence-electron chi connectivity index (χ1n) is 8.88. The molecule has 28 heavy (non-hydrogen) atoms. The Bertz CT molecular complexity index is 936. The van der Waals surface area contributed by atoms with Crippen LogP contribution >= 0.6 is 0 Å². The van der Waals surface area contributed by atoms with Gasteiger partial charge in [0.25, 0.3) is 5.91 Å². The highest BCUT2D eigenvalue weighted by Gasteiger charge is 2.13. The van der Waals surface area contributed by atoms with E-state index in [1.807, 2.05) is 54.6 Å². The van der Waals surface area contributed by atoms with Crippen LogP contribution in [0.3, 0.4) is 0 Å². The number of ether oxygens (including phenoxy) is 2. The highest BCUT2D eigenvalue weighted by atomic mass is 16.5. The first-order valence-corrected chi connectivity index (χ1v) is 8.88. The van der Waals surface area contributed by atoms with Crippen molar-refractivity contribution < 1.29 is 19.1 Å². The molecule has 5 nitrogen and oxygen atoms in total. The van der Waals surface area contributed by atoms with Gasteiger partial charge >= 0.3 is 5.97 Å². The van der Waals surface area contributed by atoms with Gasteiger partial charge in [-0.1, -0.05) is 66.7 Å². The van der Waals surface area contributed by atoms with Crippen LogP contribution in [0.5, 0.6) is 5.75 Å². The van der Waals surface area contributed by atoms with E-state index in [2.05, 4.69) is 5.32 Å². The fourth-order valence-electron chi connectivity index (χ4n) is 2.72. The van der Waals surface area contributed by atoms with Gasteiger partial charge in [-0.2, -0.15) is 0 Å². The second-order valence-corrected chi connectivity index (χ2v) is 6.11. The summed E-state index contributed by atoms with van der Waals surface area (Å²) in [6.07, 6.45) is 0. The summed E-state index contributed by atoms with van der Waals surface area (Å²) in [6.45, 7) is -0.0581. The van der Waals surface area contributed by atoms with Gasteiger partial charge in [0.2, 0.25) is 0 Å². The molecule has 0 atom stereocenters. The maximum Gasteiger partial charge on any atom is 0.325 e. The van der Waals surface area contributed by atoms with Gasteiger partial charge < -0.3 is 14.8 Å².